The highest BCUT2D eigenvalue weighted by Crippen LogP contribution is 2.19. The van der Waals surface area contributed by atoms with Crippen LogP contribution in [0.4, 0.5) is 5.82 Å². The van der Waals surface area contributed by atoms with Gasteiger partial charge in [-0.3, -0.25) is 4.98 Å². The second-order valence-corrected chi connectivity index (χ2v) is 4.63. The van der Waals surface area contributed by atoms with E-state index < -0.39 is 0 Å². The van der Waals surface area contributed by atoms with E-state index in [1.54, 1.807) is 6.33 Å². The first-order valence-corrected chi connectivity index (χ1v) is 6.05. The number of nitrogens with zero attached hydrogens (tertiary/aromatic N) is 5. The topological polar surface area (TPSA) is 82.5 Å². The largest absolute Gasteiger partial charge is 0.382 e. The van der Waals surface area contributed by atoms with Crippen LogP contribution < -0.4 is 5.73 Å². The third-order valence-electron chi connectivity index (χ3n) is 2.75. The highest BCUT2D eigenvalue weighted by Gasteiger charge is 2.10. The van der Waals surface area contributed by atoms with Gasteiger partial charge in [0.1, 0.15) is 5.52 Å². The predicted octanol–water partition coefficient (Wildman–Crippen LogP) is 1.81. The molecule has 2 N–H and O–H groups in total. The molecular formula is C12H11ClN6. The van der Waals surface area contributed by atoms with E-state index in [-0.39, 0.29) is 11.1 Å². The molecule has 0 aliphatic carbocycles. The van der Waals surface area contributed by atoms with Crippen LogP contribution in [0.1, 0.15) is 11.1 Å². The van der Waals surface area contributed by atoms with Gasteiger partial charge in [-0.25, -0.2) is 4.98 Å². The first-order valence-electron chi connectivity index (χ1n) is 5.68. The van der Waals surface area contributed by atoms with Crippen LogP contribution >= 0.6 is 11.6 Å². The molecule has 0 saturated heterocycles. The number of imidazole rings is 1. The zero-order chi connectivity index (χ0) is 13.4. The van der Waals surface area contributed by atoms with E-state index in [9.17, 15) is 0 Å². The van der Waals surface area contributed by atoms with E-state index in [0.717, 1.165) is 11.1 Å². The molecule has 3 rings (SSSR count). The number of nitrogen functional groups attached to an aromatic ring is 1. The Morgan fingerprint density at radius 3 is 2.95 bits per heavy atom. The van der Waals surface area contributed by atoms with Crippen molar-refractivity contribution in [3.05, 3.63) is 41.2 Å². The summed E-state index contributed by atoms with van der Waals surface area (Å²) in [5.41, 5.74) is 9.12. The summed E-state index contributed by atoms with van der Waals surface area (Å²) in [4.78, 5) is 16.4. The average Bonchev–Trinajstić information content (AvgIpc) is 2.73. The van der Waals surface area contributed by atoms with Crippen molar-refractivity contribution in [2.75, 3.05) is 5.73 Å². The predicted molar refractivity (Wildman–Crippen MR) is 72.8 cm³/mol. The van der Waals surface area contributed by atoms with Gasteiger partial charge in [0.15, 0.2) is 11.5 Å². The molecule has 7 heteroatoms. The Balaban J connectivity index is 2.06. The number of halogens is 1. The molecule has 0 aliphatic rings. The van der Waals surface area contributed by atoms with E-state index >= 15 is 0 Å². The van der Waals surface area contributed by atoms with Gasteiger partial charge in [-0.2, -0.15) is 9.97 Å². The number of nitrogens with two attached hydrogens (primary N) is 1. The fourth-order valence-corrected chi connectivity index (χ4v) is 2.13. The summed E-state index contributed by atoms with van der Waals surface area (Å²) in [6, 6.07) is 2.06. The van der Waals surface area contributed by atoms with Crippen molar-refractivity contribution >= 4 is 28.6 Å². The standard InChI is InChI=1S/C12H11ClN6/c1-7-2-8(4-15-3-7)5-19-6-16-9-10(14)17-12(13)18-11(9)19/h2-4,6H,5H2,1H3,(H2,14,17,18). The maximum atomic E-state index is 5.83. The second kappa shape index (κ2) is 4.47. The molecular weight excluding hydrogens is 264 g/mol. The molecule has 0 unspecified atom stereocenters. The molecule has 0 saturated carbocycles. The number of hydrogen-bond donors (Lipinski definition) is 1. The number of aromatic nitrogens is 5. The van der Waals surface area contributed by atoms with E-state index in [0.29, 0.717) is 17.7 Å². The lowest BCUT2D eigenvalue weighted by Gasteiger charge is -2.04. The van der Waals surface area contributed by atoms with Gasteiger partial charge in [0.05, 0.1) is 12.9 Å². The molecule has 3 heterocycles. The van der Waals surface area contributed by atoms with Gasteiger partial charge in [-0.1, -0.05) is 6.07 Å². The SMILES string of the molecule is Cc1cncc(Cn2cnc3c(N)nc(Cl)nc32)c1. The van der Waals surface area contributed by atoms with Crippen molar-refractivity contribution in [2.24, 2.45) is 0 Å². The maximum absolute atomic E-state index is 5.83. The minimum Gasteiger partial charge on any atom is -0.382 e. The third kappa shape index (κ3) is 2.22. The zero-order valence-corrected chi connectivity index (χ0v) is 11.0. The van der Waals surface area contributed by atoms with Gasteiger partial charge in [0, 0.05) is 12.4 Å². The molecule has 0 aromatic carbocycles. The summed E-state index contributed by atoms with van der Waals surface area (Å²) in [6.07, 6.45) is 5.30. The summed E-state index contributed by atoms with van der Waals surface area (Å²) in [7, 11) is 0. The third-order valence-corrected chi connectivity index (χ3v) is 2.92. The van der Waals surface area contributed by atoms with Crippen molar-refractivity contribution in [1.29, 1.82) is 0 Å². The highest BCUT2D eigenvalue weighted by molar-refractivity contribution is 6.28. The average molecular weight is 275 g/mol. The Labute approximate surface area is 114 Å². The molecule has 0 spiro atoms. The van der Waals surface area contributed by atoms with Crippen molar-refractivity contribution in [2.45, 2.75) is 13.5 Å². The number of fused-ring (bicyclic) bond motifs is 1. The van der Waals surface area contributed by atoms with E-state index in [1.165, 1.54) is 0 Å². The van der Waals surface area contributed by atoms with Crippen LogP contribution in [0.5, 0.6) is 0 Å². The summed E-state index contributed by atoms with van der Waals surface area (Å²) < 4.78 is 1.87. The van der Waals surface area contributed by atoms with Gasteiger partial charge < -0.3 is 10.3 Å². The smallest absolute Gasteiger partial charge is 0.226 e. The van der Waals surface area contributed by atoms with E-state index in [2.05, 4.69) is 26.0 Å². The van der Waals surface area contributed by atoms with Gasteiger partial charge in [0.2, 0.25) is 5.28 Å². The van der Waals surface area contributed by atoms with Crippen LogP contribution in [-0.4, -0.2) is 24.5 Å². The lowest BCUT2D eigenvalue weighted by Crippen LogP contribution is -2.02. The molecule has 0 aliphatic heterocycles. The molecule has 0 atom stereocenters. The Bertz CT molecular complexity index is 751. The molecule has 0 bridgehead atoms. The Morgan fingerprint density at radius 1 is 1.32 bits per heavy atom. The highest BCUT2D eigenvalue weighted by atomic mass is 35.5. The van der Waals surface area contributed by atoms with Crippen LogP contribution in [0.15, 0.2) is 24.8 Å². The van der Waals surface area contributed by atoms with Crippen LogP contribution in [0, 0.1) is 6.92 Å². The number of rotatable bonds is 2. The minimum absolute atomic E-state index is 0.120. The molecule has 3 aromatic rings. The number of pyridine rings is 1. The Kier molecular flexibility index (Phi) is 2.79. The van der Waals surface area contributed by atoms with Crippen molar-refractivity contribution in [1.82, 2.24) is 24.5 Å². The molecule has 0 fully saturated rings. The van der Waals surface area contributed by atoms with Crippen molar-refractivity contribution < 1.29 is 0 Å². The normalized spacial score (nSPS) is 11.1. The lowest BCUT2D eigenvalue weighted by atomic mass is 10.2. The monoisotopic (exact) mass is 274 g/mol. The quantitative estimate of drug-likeness (QED) is 0.721. The number of anilines is 1. The fraction of sp³-hybridized carbons (Fsp3) is 0.167. The number of hydrogen-bond acceptors (Lipinski definition) is 5. The molecule has 0 amide bonds. The van der Waals surface area contributed by atoms with E-state index in [1.807, 2.05) is 23.9 Å². The van der Waals surface area contributed by atoms with Crippen LogP contribution in [0.3, 0.4) is 0 Å². The molecule has 3 aromatic heterocycles. The minimum atomic E-state index is 0.120. The van der Waals surface area contributed by atoms with E-state index in [4.69, 9.17) is 17.3 Å². The van der Waals surface area contributed by atoms with Gasteiger partial charge in [-0.05, 0) is 29.7 Å². The number of aryl methyl sites for hydroxylation is 1. The van der Waals surface area contributed by atoms with Crippen LogP contribution in [-0.2, 0) is 6.54 Å². The maximum Gasteiger partial charge on any atom is 0.226 e. The summed E-state index contributed by atoms with van der Waals surface area (Å²) in [5.74, 6) is 0.288. The van der Waals surface area contributed by atoms with Crippen LogP contribution in [0.2, 0.25) is 5.28 Å². The van der Waals surface area contributed by atoms with Crippen LogP contribution in [0.25, 0.3) is 11.2 Å². The van der Waals surface area contributed by atoms with Gasteiger partial charge in [0.25, 0.3) is 0 Å². The summed E-state index contributed by atoms with van der Waals surface area (Å²) in [6.45, 7) is 2.61. The summed E-state index contributed by atoms with van der Waals surface area (Å²) >= 11 is 5.83. The zero-order valence-electron chi connectivity index (χ0n) is 10.2. The summed E-state index contributed by atoms with van der Waals surface area (Å²) in [5, 5.41) is 0.120. The Morgan fingerprint density at radius 2 is 2.16 bits per heavy atom. The van der Waals surface area contributed by atoms with Gasteiger partial charge in [-0.15, -0.1) is 0 Å². The lowest BCUT2D eigenvalue weighted by molar-refractivity contribution is 0.807. The first kappa shape index (κ1) is 11.9. The second-order valence-electron chi connectivity index (χ2n) is 4.29. The van der Waals surface area contributed by atoms with Crippen molar-refractivity contribution in [3.8, 4) is 0 Å². The molecule has 6 nitrogen and oxygen atoms in total. The molecule has 96 valence electrons. The van der Waals surface area contributed by atoms with Gasteiger partial charge >= 0.3 is 0 Å². The first-order chi connectivity index (χ1) is 9.13. The Hall–Kier alpha value is -2.21. The molecule has 19 heavy (non-hydrogen) atoms. The fourth-order valence-electron chi connectivity index (χ4n) is 1.95. The molecule has 0 radical (unpaired) electrons. The van der Waals surface area contributed by atoms with Crippen molar-refractivity contribution in [3.63, 3.8) is 0 Å².